The molecule has 1 fully saturated rings. The van der Waals surface area contributed by atoms with Crippen molar-refractivity contribution < 1.29 is 24.5 Å². The van der Waals surface area contributed by atoms with Crippen LogP contribution in [0.4, 0.5) is 11.5 Å². The van der Waals surface area contributed by atoms with E-state index in [0.717, 1.165) is 22.3 Å². The van der Waals surface area contributed by atoms with E-state index in [2.05, 4.69) is 0 Å². The fourth-order valence-electron chi connectivity index (χ4n) is 5.12. The van der Waals surface area contributed by atoms with Crippen molar-refractivity contribution in [1.29, 1.82) is 0 Å². The van der Waals surface area contributed by atoms with Crippen molar-refractivity contribution in [2.45, 2.75) is 44.8 Å². The second kappa shape index (κ2) is 11.0. The Balaban J connectivity index is 1.79. The second-order valence-electron chi connectivity index (χ2n) is 10.3. The summed E-state index contributed by atoms with van der Waals surface area (Å²) in [6, 6.07) is 15.2. The van der Waals surface area contributed by atoms with Crippen LogP contribution in [0.15, 0.2) is 54.7 Å². The number of benzene rings is 2. The van der Waals surface area contributed by atoms with Gasteiger partial charge in [0.05, 0.1) is 50.3 Å². The molecule has 8 heteroatoms. The maximum Gasteiger partial charge on any atom is 0.236 e. The Hall–Kier alpha value is -3.62. The number of methoxy groups -OCH3 is 2. The summed E-state index contributed by atoms with van der Waals surface area (Å²) < 4.78 is 10.9. The smallest absolute Gasteiger partial charge is 0.236 e. The number of aliphatic hydroxyl groups excluding tert-OH is 2. The first-order chi connectivity index (χ1) is 18.1. The average Bonchev–Trinajstić information content (AvgIpc) is 3.32. The van der Waals surface area contributed by atoms with E-state index in [0.29, 0.717) is 36.0 Å². The standard InChI is InChI=1S/C30H37N3O5/c1-19-9-7-8-10-25(19)26-15-28(33-17-22(35)13-21(33)18-34)31-16-27(26)32(4)29(36)30(2,3)20-11-23(37-5)14-24(12-20)38-6/h7-12,14-16,21-22,34-35H,13,17-18H2,1-6H3/t21-,22+/m0/s1. The number of aliphatic hydroxyl groups is 2. The predicted octanol–water partition coefficient (Wildman–Crippen LogP) is 3.95. The van der Waals surface area contributed by atoms with E-state index in [9.17, 15) is 15.0 Å². The van der Waals surface area contributed by atoms with Crippen molar-refractivity contribution in [3.63, 3.8) is 0 Å². The van der Waals surface area contributed by atoms with Crippen molar-refractivity contribution in [2.75, 3.05) is 44.2 Å². The van der Waals surface area contributed by atoms with E-state index in [4.69, 9.17) is 14.5 Å². The number of carbonyl (C=O) groups is 1. The molecule has 2 atom stereocenters. The Morgan fingerprint density at radius 3 is 2.37 bits per heavy atom. The minimum absolute atomic E-state index is 0.0727. The number of ether oxygens (including phenoxy) is 2. The quantitative estimate of drug-likeness (QED) is 0.465. The SMILES string of the molecule is COc1cc(OC)cc(C(C)(C)C(=O)N(C)c2cnc(N3C[C@H](O)C[C@H]3CO)cc2-c2ccccc2C)c1. The monoisotopic (exact) mass is 519 g/mol. The van der Waals surface area contributed by atoms with Gasteiger partial charge in [-0.2, -0.15) is 0 Å². The van der Waals surface area contributed by atoms with Crippen LogP contribution in [0, 0.1) is 6.92 Å². The van der Waals surface area contributed by atoms with Crippen molar-refractivity contribution in [2.24, 2.45) is 0 Å². The number of nitrogens with zero attached hydrogens (tertiary/aromatic N) is 3. The summed E-state index contributed by atoms with van der Waals surface area (Å²) in [6.07, 6.45) is 1.66. The maximum atomic E-state index is 14.1. The van der Waals surface area contributed by atoms with E-state index in [1.165, 1.54) is 0 Å². The summed E-state index contributed by atoms with van der Waals surface area (Å²) in [4.78, 5) is 22.3. The Labute approximate surface area is 224 Å². The van der Waals surface area contributed by atoms with Gasteiger partial charge >= 0.3 is 0 Å². The molecule has 202 valence electrons. The molecule has 0 unspecified atom stereocenters. The fraction of sp³-hybridized carbons (Fsp3) is 0.400. The molecule has 0 bridgehead atoms. The maximum absolute atomic E-state index is 14.1. The average molecular weight is 520 g/mol. The zero-order chi connectivity index (χ0) is 27.6. The molecule has 0 saturated carbocycles. The number of β-amino-alcohol motifs (C(OH)–C–C–N with tert-alkyl or cyclic N) is 1. The molecule has 0 aliphatic carbocycles. The van der Waals surface area contributed by atoms with Crippen molar-refractivity contribution >= 4 is 17.4 Å². The Bertz CT molecular complexity index is 1290. The lowest BCUT2D eigenvalue weighted by atomic mass is 9.82. The molecular weight excluding hydrogens is 482 g/mol. The zero-order valence-corrected chi connectivity index (χ0v) is 22.9. The van der Waals surface area contributed by atoms with Crippen LogP contribution in [0.3, 0.4) is 0 Å². The predicted molar refractivity (Wildman–Crippen MR) is 149 cm³/mol. The molecule has 0 spiro atoms. The number of aryl methyl sites for hydroxylation is 1. The van der Waals surface area contributed by atoms with Crippen LogP contribution in [0.1, 0.15) is 31.4 Å². The van der Waals surface area contributed by atoms with Crippen molar-refractivity contribution in [3.8, 4) is 22.6 Å². The highest BCUT2D eigenvalue weighted by molar-refractivity contribution is 6.03. The Kier molecular flexibility index (Phi) is 7.94. The van der Waals surface area contributed by atoms with E-state index in [1.54, 1.807) is 38.4 Å². The van der Waals surface area contributed by atoms with E-state index in [1.807, 2.05) is 68.1 Å². The number of hydrogen-bond donors (Lipinski definition) is 2. The van der Waals surface area contributed by atoms with Gasteiger partial charge in [-0.15, -0.1) is 0 Å². The van der Waals surface area contributed by atoms with E-state index < -0.39 is 11.5 Å². The van der Waals surface area contributed by atoms with Gasteiger partial charge in [-0.05, 0) is 62.1 Å². The normalized spacial score (nSPS) is 17.4. The molecule has 1 aliphatic heterocycles. The minimum atomic E-state index is -0.903. The molecule has 2 heterocycles. The first kappa shape index (κ1) is 27.4. The number of carbonyl (C=O) groups excluding carboxylic acids is 1. The lowest BCUT2D eigenvalue weighted by molar-refractivity contribution is -0.122. The molecule has 0 radical (unpaired) electrons. The molecule has 2 N–H and O–H groups in total. The van der Waals surface area contributed by atoms with Crippen LogP contribution in [-0.4, -0.2) is 67.7 Å². The van der Waals surface area contributed by atoms with Gasteiger partial charge in [0.15, 0.2) is 0 Å². The first-order valence-corrected chi connectivity index (χ1v) is 12.7. The molecule has 4 rings (SSSR count). The summed E-state index contributed by atoms with van der Waals surface area (Å²) in [7, 11) is 4.93. The summed E-state index contributed by atoms with van der Waals surface area (Å²) in [5, 5.41) is 20.1. The third kappa shape index (κ3) is 5.19. The highest BCUT2D eigenvalue weighted by atomic mass is 16.5. The topological polar surface area (TPSA) is 95.4 Å². The highest BCUT2D eigenvalue weighted by Gasteiger charge is 2.36. The Morgan fingerprint density at radius 2 is 1.76 bits per heavy atom. The van der Waals surface area contributed by atoms with Gasteiger partial charge in [-0.1, -0.05) is 24.3 Å². The lowest BCUT2D eigenvalue weighted by Gasteiger charge is -2.32. The minimum Gasteiger partial charge on any atom is -0.497 e. The molecule has 38 heavy (non-hydrogen) atoms. The lowest BCUT2D eigenvalue weighted by Crippen LogP contribution is -2.42. The summed E-state index contributed by atoms with van der Waals surface area (Å²) in [5.74, 6) is 1.75. The second-order valence-corrected chi connectivity index (χ2v) is 10.3. The van der Waals surface area contributed by atoms with Gasteiger partial charge in [0.25, 0.3) is 0 Å². The molecule has 1 aromatic heterocycles. The number of rotatable bonds is 8. The van der Waals surface area contributed by atoms with Crippen molar-refractivity contribution in [3.05, 3.63) is 65.9 Å². The van der Waals surface area contributed by atoms with Gasteiger partial charge in [0, 0.05) is 25.2 Å². The molecular formula is C30H37N3O5. The van der Waals surface area contributed by atoms with E-state index in [-0.39, 0.29) is 18.6 Å². The van der Waals surface area contributed by atoms with Crippen LogP contribution in [-0.2, 0) is 10.2 Å². The van der Waals surface area contributed by atoms with Crippen LogP contribution in [0.25, 0.3) is 11.1 Å². The van der Waals surface area contributed by atoms with Gasteiger partial charge < -0.3 is 29.5 Å². The Morgan fingerprint density at radius 1 is 1.11 bits per heavy atom. The number of amides is 1. The van der Waals surface area contributed by atoms with Crippen LogP contribution in [0.5, 0.6) is 11.5 Å². The first-order valence-electron chi connectivity index (χ1n) is 12.7. The number of pyridine rings is 1. The third-order valence-corrected chi connectivity index (χ3v) is 7.47. The van der Waals surface area contributed by atoms with Gasteiger partial charge in [0.2, 0.25) is 5.91 Å². The summed E-state index contributed by atoms with van der Waals surface area (Å²) >= 11 is 0. The van der Waals surface area contributed by atoms with E-state index >= 15 is 0 Å². The molecule has 1 aliphatic rings. The van der Waals surface area contributed by atoms with Gasteiger partial charge in [-0.3, -0.25) is 4.79 Å². The fourth-order valence-corrected chi connectivity index (χ4v) is 5.12. The number of hydrogen-bond acceptors (Lipinski definition) is 7. The van der Waals surface area contributed by atoms with Crippen LogP contribution < -0.4 is 19.3 Å². The summed E-state index contributed by atoms with van der Waals surface area (Å²) in [6.45, 7) is 6.12. The molecule has 3 aromatic rings. The number of anilines is 2. The number of likely N-dealkylation sites (N-methyl/N-ethyl adjacent to an activating group) is 1. The van der Waals surface area contributed by atoms with Crippen molar-refractivity contribution in [1.82, 2.24) is 4.98 Å². The molecule has 1 saturated heterocycles. The zero-order valence-electron chi connectivity index (χ0n) is 22.9. The number of aromatic nitrogens is 1. The summed E-state index contributed by atoms with van der Waals surface area (Å²) in [5.41, 5.74) is 3.41. The molecule has 2 aromatic carbocycles. The molecule has 8 nitrogen and oxygen atoms in total. The van der Waals surface area contributed by atoms with Gasteiger partial charge in [-0.25, -0.2) is 4.98 Å². The largest absolute Gasteiger partial charge is 0.497 e. The van der Waals surface area contributed by atoms with Crippen LogP contribution >= 0.6 is 0 Å². The van der Waals surface area contributed by atoms with Gasteiger partial charge in [0.1, 0.15) is 17.3 Å². The van der Waals surface area contributed by atoms with Crippen LogP contribution in [0.2, 0.25) is 0 Å². The highest BCUT2D eigenvalue weighted by Crippen LogP contribution is 2.39. The molecule has 1 amide bonds. The third-order valence-electron chi connectivity index (χ3n) is 7.47.